The summed E-state index contributed by atoms with van der Waals surface area (Å²) >= 11 is 1.62. The van der Waals surface area contributed by atoms with Gasteiger partial charge >= 0.3 is 0 Å². The number of thiazole rings is 1. The minimum absolute atomic E-state index is 0.106. The number of rotatable bonds is 6. The second kappa shape index (κ2) is 8.58. The third-order valence-corrected chi connectivity index (χ3v) is 7.24. The second-order valence-corrected chi connectivity index (χ2v) is 11.1. The van der Waals surface area contributed by atoms with Gasteiger partial charge in [0, 0.05) is 49.7 Å². The van der Waals surface area contributed by atoms with E-state index in [1.54, 1.807) is 32.1 Å². The molecule has 9 nitrogen and oxygen atoms in total. The fourth-order valence-corrected chi connectivity index (χ4v) is 5.44. The summed E-state index contributed by atoms with van der Waals surface area (Å²) in [4.78, 5) is 19.8. The van der Waals surface area contributed by atoms with Crippen molar-refractivity contribution in [2.45, 2.75) is 44.7 Å². The molecule has 3 rings (SSSR count). The average Bonchev–Trinajstić information content (AvgIpc) is 3.04. The summed E-state index contributed by atoms with van der Waals surface area (Å²) < 4.78 is 27.7. The SMILES string of the molecule is Cc1nc(CN2CCN(c3ccc(S(=O)(=O)NC(C)(C)C)cc3[N+](=O)[O-])CC2)cs1. The molecule has 0 amide bonds. The van der Waals surface area contributed by atoms with E-state index >= 15 is 0 Å². The average molecular weight is 454 g/mol. The van der Waals surface area contributed by atoms with Crippen LogP contribution in [-0.2, 0) is 16.6 Å². The van der Waals surface area contributed by atoms with Gasteiger partial charge in [0.15, 0.2) is 0 Å². The molecule has 1 saturated heterocycles. The van der Waals surface area contributed by atoms with Crippen LogP contribution in [0.15, 0.2) is 28.5 Å². The van der Waals surface area contributed by atoms with Crippen LogP contribution in [0.25, 0.3) is 0 Å². The van der Waals surface area contributed by atoms with Crippen molar-refractivity contribution in [3.8, 4) is 0 Å². The molecule has 0 spiro atoms. The highest BCUT2D eigenvalue weighted by atomic mass is 32.2. The molecule has 1 aliphatic rings. The minimum atomic E-state index is -3.85. The molecule has 1 N–H and O–H groups in total. The van der Waals surface area contributed by atoms with E-state index in [0.717, 1.165) is 36.4 Å². The van der Waals surface area contributed by atoms with Crippen molar-refractivity contribution in [2.24, 2.45) is 0 Å². The van der Waals surface area contributed by atoms with Crippen LogP contribution >= 0.6 is 11.3 Å². The fraction of sp³-hybridized carbons (Fsp3) is 0.526. The van der Waals surface area contributed by atoms with Gasteiger partial charge in [-0.15, -0.1) is 11.3 Å². The van der Waals surface area contributed by atoms with Gasteiger partial charge in [-0.25, -0.2) is 18.1 Å². The van der Waals surface area contributed by atoms with Crippen LogP contribution < -0.4 is 9.62 Å². The van der Waals surface area contributed by atoms with Gasteiger partial charge in [0.05, 0.1) is 20.5 Å². The number of sulfonamides is 1. The largest absolute Gasteiger partial charge is 0.363 e. The number of nitro groups is 1. The highest BCUT2D eigenvalue weighted by Gasteiger charge is 2.28. The summed E-state index contributed by atoms with van der Waals surface area (Å²) in [6, 6.07) is 4.11. The standard InChI is InChI=1S/C19H27N5O4S2/c1-14-20-15(13-29-14)12-22-7-9-23(10-8-22)17-6-5-16(11-18(17)24(25)26)30(27,28)21-19(2,3)4/h5-6,11,13,21H,7-10,12H2,1-4H3. The number of nitrogens with zero attached hydrogens (tertiary/aromatic N) is 4. The molecule has 0 atom stereocenters. The molecule has 2 aromatic rings. The van der Waals surface area contributed by atoms with Crippen LogP contribution in [0.2, 0.25) is 0 Å². The Kier molecular flexibility index (Phi) is 6.46. The molecule has 0 aliphatic carbocycles. The van der Waals surface area contributed by atoms with Gasteiger partial charge in [-0.05, 0) is 39.8 Å². The maximum Gasteiger partial charge on any atom is 0.293 e. The monoisotopic (exact) mass is 453 g/mol. The van der Waals surface area contributed by atoms with Crippen LogP contribution in [-0.4, -0.2) is 54.9 Å². The maximum absolute atomic E-state index is 12.6. The van der Waals surface area contributed by atoms with E-state index in [9.17, 15) is 18.5 Å². The Bertz CT molecular complexity index is 1020. The predicted octanol–water partition coefficient (Wildman–Crippen LogP) is 2.76. The van der Waals surface area contributed by atoms with Crippen LogP contribution in [0, 0.1) is 17.0 Å². The molecule has 164 valence electrons. The van der Waals surface area contributed by atoms with E-state index in [0.29, 0.717) is 18.8 Å². The van der Waals surface area contributed by atoms with Crippen molar-refractivity contribution in [3.05, 3.63) is 44.4 Å². The number of aryl methyl sites for hydroxylation is 1. The molecule has 1 aliphatic heterocycles. The molecule has 0 saturated carbocycles. The van der Waals surface area contributed by atoms with Crippen molar-refractivity contribution >= 4 is 32.7 Å². The Morgan fingerprint density at radius 2 is 1.90 bits per heavy atom. The summed E-state index contributed by atoms with van der Waals surface area (Å²) in [6.07, 6.45) is 0. The lowest BCUT2D eigenvalue weighted by Crippen LogP contribution is -2.46. The summed E-state index contributed by atoms with van der Waals surface area (Å²) in [6.45, 7) is 10.6. The van der Waals surface area contributed by atoms with Crippen LogP contribution in [0.5, 0.6) is 0 Å². The first kappa shape index (κ1) is 22.6. The van der Waals surface area contributed by atoms with Gasteiger partial charge in [-0.3, -0.25) is 15.0 Å². The number of nitrogens with one attached hydrogen (secondary N) is 1. The van der Waals surface area contributed by atoms with Crippen molar-refractivity contribution in [3.63, 3.8) is 0 Å². The van der Waals surface area contributed by atoms with Gasteiger partial charge < -0.3 is 4.90 Å². The van der Waals surface area contributed by atoms with Crippen molar-refractivity contribution in [1.29, 1.82) is 0 Å². The van der Waals surface area contributed by atoms with Gasteiger partial charge in [0.25, 0.3) is 5.69 Å². The van der Waals surface area contributed by atoms with E-state index in [2.05, 4.69) is 20.0 Å². The highest BCUT2D eigenvalue weighted by molar-refractivity contribution is 7.89. The first-order valence-electron chi connectivity index (χ1n) is 9.65. The number of benzene rings is 1. The topological polar surface area (TPSA) is 109 Å². The summed E-state index contributed by atoms with van der Waals surface area (Å²) in [5.74, 6) is 0. The zero-order valence-electron chi connectivity index (χ0n) is 17.6. The third-order valence-electron chi connectivity index (χ3n) is 4.66. The van der Waals surface area contributed by atoms with Gasteiger partial charge in [0.1, 0.15) is 5.69 Å². The first-order valence-corrected chi connectivity index (χ1v) is 12.0. The van der Waals surface area contributed by atoms with Crippen LogP contribution in [0.1, 0.15) is 31.5 Å². The predicted molar refractivity (Wildman–Crippen MR) is 118 cm³/mol. The summed E-state index contributed by atoms with van der Waals surface area (Å²) in [5, 5.41) is 14.8. The molecule has 1 aromatic carbocycles. The molecule has 30 heavy (non-hydrogen) atoms. The number of aromatic nitrogens is 1. The fourth-order valence-electron chi connectivity index (χ4n) is 3.40. The molecule has 0 radical (unpaired) electrons. The smallest absolute Gasteiger partial charge is 0.293 e. The maximum atomic E-state index is 12.6. The molecular formula is C19H27N5O4S2. The van der Waals surface area contributed by atoms with Crippen molar-refractivity contribution < 1.29 is 13.3 Å². The van der Waals surface area contributed by atoms with Gasteiger partial charge in [-0.2, -0.15) is 0 Å². The minimum Gasteiger partial charge on any atom is -0.363 e. The van der Waals surface area contributed by atoms with Crippen LogP contribution in [0.3, 0.4) is 0 Å². The van der Waals surface area contributed by atoms with Crippen LogP contribution in [0.4, 0.5) is 11.4 Å². The molecule has 0 unspecified atom stereocenters. The Hall–Kier alpha value is -2.08. The molecule has 1 aromatic heterocycles. The zero-order chi connectivity index (χ0) is 22.1. The Morgan fingerprint density at radius 3 is 2.43 bits per heavy atom. The highest BCUT2D eigenvalue weighted by Crippen LogP contribution is 2.32. The van der Waals surface area contributed by atoms with E-state index in [4.69, 9.17) is 0 Å². The molecule has 1 fully saturated rings. The zero-order valence-corrected chi connectivity index (χ0v) is 19.2. The summed E-state index contributed by atoms with van der Waals surface area (Å²) in [7, 11) is -3.85. The Morgan fingerprint density at radius 1 is 1.23 bits per heavy atom. The number of anilines is 1. The lowest BCUT2D eigenvalue weighted by atomic mass is 10.1. The van der Waals surface area contributed by atoms with E-state index in [1.807, 2.05) is 11.8 Å². The van der Waals surface area contributed by atoms with Gasteiger partial charge in [-0.1, -0.05) is 0 Å². The quantitative estimate of drug-likeness (QED) is 0.529. The molecular weight excluding hydrogens is 426 g/mol. The number of hydrogen-bond acceptors (Lipinski definition) is 8. The molecule has 0 bridgehead atoms. The number of piperazine rings is 1. The van der Waals surface area contributed by atoms with Gasteiger partial charge in [0.2, 0.25) is 10.0 Å². The molecule has 11 heteroatoms. The lowest BCUT2D eigenvalue weighted by molar-refractivity contribution is -0.384. The number of nitro benzene ring substituents is 1. The lowest BCUT2D eigenvalue weighted by Gasteiger charge is -2.35. The Balaban J connectivity index is 1.75. The second-order valence-electron chi connectivity index (χ2n) is 8.38. The first-order chi connectivity index (χ1) is 13.9. The van der Waals surface area contributed by atoms with E-state index < -0.39 is 20.5 Å². The van der Waals surface area contributed by atoms with Crippen molar-refractivity contribution in [1.82, 2.24) is 14.6 Å². The van der Waals surface area contributed by atoms with Crippen molar-refractivity contribution in [2.75, 3.05) is 31.1 Å². The molecule has 2 heterocycles. The summed E-state index contributed by atoms with van der Waals surface area (Å²) in [5.41, 5.74) is 0.602. The Labute approximate surface area is 180 Å². The van der Waals surface area contributed by atoms with E-state index in [1.165, 1.54) is 12.1 Å². The van der Waals surface area contributed by atoms with E-state index in [-0.39, 0.29) is 10.6 Å². The third kappa shape index (κ3) is 5.54. The normalized spacial score (nSPS) is 16.1. The number of hydrogen-bond donors (Lipinski definition) is 1.